The van der Waals surface area contributed by atoms with Crippen molar-refractivity contribution in [3.8, 4) is 5.75 Å². The van der Waals surface area contributed by atoms with Crippen LogP contribution < -0.4 is 15.4 Å². The predicted octanol–water partition coefficient (Wildman–Crippen LogP) is 1.83. The highest BCUT2D eigenvalue weighted by molar-refractivity contribution is 5.80. The van der Waals surface area contributed by atoms with Gasteiger partial charge in [-0.15, -0.1) is 0 Å². The summed E-state index contributed by atoms with van der Waals surface area (Å²) < 4.78 is 5.39. The molecule has 1 aliphatic carbocycles. The van der Waals surface area contributed by atoms with Gasteiger partial charge in [0.2, 0.25) is 0 Å². The molecule has 0 spiro atoms. The van der Waals surface area contributed by atoms with Gasteiger partial charge < -0.3 is 15.4 Å². The zero-order valence-electron chi connectivity index (χ0n) is 11.3. The summed E-state index contributed by atoms with van der Waals surface area (Å²) >= 11 is 0. The van der Waals surface area contributed by atoms with Crippen LogP contribution in [0.5, 0.6) is 5.75 Å². The number of nitrogens with one attached hydrogen (secondary N) is 2. The first-order valence-electron chi connectivity index (χ1n) is 6.33. The van der Waals surface area contributed by atoms with Gasteiger partial charge in [0.05, 0.1) is 7.11 Å². The summed E-state index contributed by atoms with van der Waals surface area (Å²) in [5, 5.41) is 6.67. The maximum absolute atomic E-state index is 5.39. The molecule has 18 heavy (non-hydrogen) atoms. The fourth-order valence-electron chi connectivity index (χ4n) is 1.79. The summed E-state index contributed by atoms with van der Waals surface area (Å²) in [6, 6.07) is 6.84. The zero-order valence-corrected chi connectivity index (χ0v) is 11.3. The second-order valence-electron chi connectivity index (χ2n) is 4.66. The quantitative estimate of drug-likeness (QED) is 0.630. The third-order valence-electron chi connectivity index (χ3n) is 3.03. The molecule has 0 amide bonds. The Labute approximate surface area is 108 Å². The molecule has 1 fully saturated rings. The van der Waals surface area contributed by atoms with Gasteiger partial charge in [0.25, 0.3) is 0 Å². The summed E-state index contributed by atoms with van der Waals surface area (Å²) in [5.74, 6) is 1.78. The number of aliphatic imine (C=N–C) groups is 1. The van der Waals surface area contributed by atoms with E-state index in [4.69, 9.17) is 4.74 Å². The molecule has 0 aliphatic heterocycles. The maximum atomic E-state index is 5.39. The molecule has 0 saturated heterocycles. The molecule has 0 bridgehead atoms. The van der Waals surface area contributed by atoms with Crippen LogP contribution in [0.4, 0.5) is 0 Å². The van der Waals surface area contributed by atoms with Crippen LogP contribution >= 0.6 is 0 Å². The third kappa shape index (κ3) is 3.39. The maximum Gasteiger partial charge on any atom is 0.191 e. The van der Waals surface area contributed by atoms with Gasteiger partial charge >= 0.3 is 0 Å². The van der Waals surface area contributed by atoms with E-state index >= 15 is 0 Å². The third-order valence-corrected chi connectivity index (χ3v) is 3.03. The van der Waals surface area contributed by atoms with E-state index in [-0.39, 0.29) is 0 Å². The van der Waals surface area contributed by atoms with Gasteiger partial charge in [-0.1, -0.05) is 12.1 Å². The molecule has 0 heterocycles. The molecule has 1 aromatic rings. The van der Waals surface area contributed by atoms with E-state index in [9.17, 15) is 0 Å². The molecule has 0 radical (unpaired) electrons. The standard InChI is InChI=1S/C14H21N3O/c1-10-4-5-11(13(8-10)18-3)9-16-14(15-2)17-12-6-7-12/h4-5,8,12H,6-7,9H2,1-3H3,(H2,15,16,17). The molecular formula is C14H21N3O. The van der Waals surface area contributed by atoms with Crippen molar-refractivity contribution in [3.05, 3.63) is 29.3 Å². The molecule has 4 nitrogen and oxygen atoms in total. The average Bonchev–Trinajstić information content (AvgIpc) is 3.19. The van der Waals surface area contributed by atoms with E-state index in [0.717, 1.165) is 23.8 Å². The number of benzene rings is 1. The second-order valence-corrected chi connectivity index (χ2v) is 4.66. The molecule has 1 saturated carbocycles. The SMILES string of the molecule is CN=C(NCc1ccc(C)cc1OC)NC1CC1. The summed E-state index contributed by atoms with van der Waals surface area (Å²) in [6.07, 6.45) is 2.49. The number of aryl methyl sites for hydroxylation is 1. The first-order chi connectivity index (χ1) is 8.72. The fourth-order valence-corrected chi connectivity index (χ4v) is 1.79. The van der Waals surface area contributed by atoms with Crippen molar-refractivity contribution >= 4 is 5.96 Å². The van der Waals surface area contributed by atoms with Crippen LogP contribution in [0.3, 0.4) is 0 Å². The van der Waals surface area contributed by atoms with Crippen LogP contribution in [0.25, 0.3) is 0 Å². The minimum Gasteiger partial charge on any atom is -0.496 e. The van der Waals surface area contributed by atoms with E-state index in [0.29, 0.717) is 6.04 Å². The predicted molar refractivity (Wildman–Crippen MR) is 74.1 cm³/mol. The molecule has 98 valence electrons. The van der Waals surface area contributed by atoms with Crippen molar-refractivity contribution < 1.29 is 4.74 Å². The highest BCUT2D eigenvalue weighted by Crippen LogP contribution is 2.20. The lowest BCUT2D eigenvalue weighted by Crippen LogP contribution is -2.38. The van der Waals surface area contributed by atoms with Crippen LogP contribution in [-0.4, -0.2) is 26.2 Å². The van der Waals surface area contributed by atoms with Crippen LogP contribution in [0, 0.1) is 6.92 Å². The molecule has 0 aromatic heterocycles. The Balaban J connectivity index is 1.95. The molecule has 0 atom stereocenters. The summed E-state index contributed by atoms with van der Waals surface area (Å²) in [7, 11) is 3.50. The lowest BCUT2D eigenvalue weighted by Gasteiger charge is -2.13. The zero-order chi connectivity index (χ0) is 13.0. The number of rotatable bonds is 4. The van der Waals surface area contributed by atoms with E-state index in [1.54, 1.807) is 14.2 Å². The van der Waals surface area contributed by atoms with Gasteiger partial charge in [-0.3, -0.25) is 4.99 Å². The molecule has 2 N–H and O–H groups in total. The Kier molecular flexibility index (Phi) is 4.07. The summed E-state index contributed by atoms with van der Waals surface area (Å²) in [6.45, 7) is 2.78. The van der Waals surface area contributed by atoms with Crippen LogP contribution in [-0.2, 0) is 6.54 Å². The fraction of sp³-hybridized carbons (Fsp3) is 0.500. The minimum atomic E-state index is 0.608. The molecular weight excluding hydrogens is 226 g/mol. The normalized spacial score (nSPS) is 15.4. The van der Waals surface area contributed by atoms with Crippen molar-refractivity contribution in [2.24, 2.45) is 4.99 Å². The van der Waals surface area contributed by atoms with Crippen molar-refractivity contribution in [2.75, 3.05) is 14.2 Å². The lowest BCUT2D eigenvalue weighted by molar-refractivity contribution is 0.408. The van der Waals surface area contributed by atoms with Gasteiger partial charge in [-0.05, 0) is 31.4 Å². The van der Waals surface area contributed by atoms with Crippen molar-refractivity contribution in [1.82, 2.24) is 10.6 Å². The van der Waals surface area contributed by atoms with Gasteiger partial charge in [0.1, 0.15) is 5.75 Å². The molecule has 0 unspecified atom stereocenters. The number of nitrogens with zero attached hydrogens (tertiary/aromatic N) is 1. The van der Waals surface area contributed by atoms with Gasteiger partial charge in [0, 0.05) is 25.2 Å². The lowest BCUT2D eigenvalue weighted by atomic mass is 10.1. The van der Waals surface area contributed by atoms with Gasteiger partial charge in [-0.25, -0.2) is 0 Å². The number of hydrogen-bond acceptors (Lipinski definition) is 2. The average molecular weight is 247 g/mol. The monoisotopic (exact) mass is 247 g/mol. The number of ether oxygens (including phenoxy) is 1. The Morgan fingerprint density at radius 3 is 2.83 bits per heavy atom. The number of guanidine groups is 1. The number of hydrogen-bond donors (Lipinski definition) is 2. The van der Waals surface area contributed by atoms with Gasteiger partial charge in [0.15, 0.2) is 5.96 Å². The Hall–Kier alpha value is -1.71. The van der Waals surface area contributed by atoms with E-state index in [2.05, 4.69) is 34.7 Å². The largest absolute Gasteiger partial charge is 0.496 e. The Morgan fingerprint density at radius 1 is 1.44 bits per heavy atom. The first kappa shape index (κ1) is 12.7. The summed E-state index contributed by atoms with van der Waals surface area (Å²) in [5.41, 5.74) is 2.35. The van der Waals surface area contributed by atoms with Gasteiger partial charge in [-0.2, -0.15) is 0 Å². The first-order valence-corrected chi connectivity index (χ1v) is 6.33. The highest BCUT2D eigenvalue weighted by atomic mass is 16.5. The van der Waals surface area contributed by atoms with E-state index in [1.165, 1.54) is 18.4 Å². The van der Waals surface area contributed by atoms with E-state index < -0.39 is 0 Å². The van der Waals surface area contributed by atoms with Crippen molar-refractivity contribution in [2.45, 2.75) is 32.4 Å². The van der Waals surface area contributed by atoms with Crippen LogP contribution in [0.15, 0.2) is 23.2 Å². The smallest absolute Gasteiger partial charge is 0.191 e. The summed E-state index contributed by atoms with van der Waals surface area (Å²) in [4.78, 5) is 4.21. The minimum absolute atomic E-state index is 0.608. The molecule has 1 aromatic carbocycles. The van der Waals surface area contributed by atoms with Crippen molar-refractivity contribution in [3.63, 3.8) is 0 Å². The Morgan fingerprint density at radius 2 is 2.22 bits per heavy atom. The topological polar surface area (TPSA) is 45.7 Å². The van der Waals surface area contributed by atoms with Crippen LogP contribution in [0.1, 0.15) is 24.0 Å². The highest BCUT2D eigenvalue weighted by Gasteiger charge is 2.22. The van der Waals surface area contributed by atoms with Crippen molar-refractivity contribution in [1.29, 1.82) is 0 Å². The molecule has 4 heteroatoms. The Bertz CT molecular complexity index is 439. The van der Waals surface area contributed by atoms with E-state index in [1.807, 2.05) is 6.07 Å². The number of methoxy groups -OCH3 is 1. The molecule has 1 aliphatic rings. The van der Waals surface area contributed by atoms with Crippen LogP contribution in [0.2, 0.25) is 0 Å². The second kappa shape index (κ2) is 5.76. The molecule has 2 rings (SSSR count).